The topological polar surface area (TPSA) is 44.7 Å². The number of nitrogens with zero attached hydrogens (tertiary/aromatic N) is 1. The molecule has 0 amide bonds. The number of aliphatic hydroxyl groups is 1. The van der Waals surface area contributed by atoms with Crippen molar-refractivity contribution in [2.24, 2.45) is 0 Å². The Bertz CT molecular complexity index is 286. The Morgan fingerprint density at radius 3 is 2.28 bits per heavy atom. The number of nitrogens with one attached hydrogen (secondary N) is 1. The molecule has 2 atom stereocenters. The van der Waals surface area contributed by atoms with Crippen molar-refractivity contribution in [1.82, 2.24) is 10.2 Å². The van der Waals surface area contributed by atoms with Crippen LogP contribution in [0.3, 0.4) is 0 Å². The molecule has 4 heteroatoms. The van der Waals surface area contributed by atoms with Crippen molar-refractivity contribution in [2.45, 2.75) is 63.9 Å². The summed E-state index contributed by atoms with van der Waals surface area (Å²) in [6.07, 6.45) is 0.970. The number of ether oxygens (including phenoxy) is 1. The predicted molar refractivity (Wildman–Crippen MR) is 74.8 cm³/mol. The number of hydrogen-bond donors (Lipinski definition) is 2. The second-order valence-electron chi connectivity index (χ2n) is 7.34. The van der Waals surface area contributed by atoms with Gasteiger partial charge in [0.1, 0.15) is 0 Å². The molecule has 1 heterocycles. The molecule has 1 aliphatic rings. The summed E-state index contributed by atoms with van der Waals surface area (Å²) in [5, 5.41) is 13.8. The molecule has 1 rings (SSSR count). The highest BCUT2D eigenvalue weighted by Crippen LogP contribution is 2.37. The molecule has 0 bridgehead atoms. The molecular formula is C14H30N2O2. The zero-order valence-corrected chi connectivity index (χ0v) is 13.0. The lowest BCUT2D eigenvalue weighted by atomic mass is 9.93. The summed E-state index contributed by atoms with van der Waals surface area (Å²) < 4.78 is 6.04. The third kappa shape index (κ3) is 4.50. The van der Waals surface area contributed by atoms with Crippen LogP contribution in [0.15, 0.2) is 0 Å². The Balaban J connectivity index is 2.53. The smallest absolute Gasteiger partial charge is 0.0869 e. The molecule has 0 aliphatic carbocycles. The van der Waals surface area contributed by atoms with Crippen molar-refractivity contribution in [2.75, 3.05) is 27.2 Å². The van der Waals surface area contributed by atoms with Crippen LogP contribution in [-0.4, -0.2) is 60.0 Å². The quantitative estimate of drug-likeness (QED) is 0.779. The summed E-state index contributed by atoms with van der Waals surface area (Å²) in [6, 6.07) is 0.279. The van der Waals surface area contributed by atoms with E-state index in [4.69, 9.17) is 4.74 Å². The Labute approximate surface area is 112 Å². The molecule has 0 aromatic heterocycles. The summed E-state index contributed by atoms with van der Waals surface area (Å²) in [5.74, 6) is 0. The van der Waals surface area contributed by atoms with Gasteiger partial charge in [0, 0.05) is 19.1 Å². The van der Waals surface area contributed by atoms with Crippen LogP contribution < -0.4 is 5.32 Å². The third-order valence-corrected chi connectivity index (χ3v) is 3.46. The van der Waals surface area contributed by atoms with Crippen molar-refractivity contribution < 1.29 is 9.84 Å². The first-order chi connectivity index (χ1) is 7.94. The molecule has 0 saturated carbocycles. The van der Waals surface area contributed by atoms with Gasteiger partial charge in [-0.25, -0.2) is 0 Å². The van der Waals surface area contributed by atoms with Crippen LogP contribution in [0, 0.1) is 0 Å². The van der Waals surface area contributed by atoms with Crippen LogP contribution in [0.25, 0.3) is 0 Å². The minimum absolute atomic E-state index is 0.0887. The molecule has 108 valence electrons. The third-order valence-electron chi connectivity index (χ3n) is 3.46. The van der Waals surface area contributed by atoms with Gasteiger partial charge < -0.3 is 20.1 Å². The maximum absolute atomic E-state index is 10.3. The standard InChI is InChI=1S/C14H30N2O2/c1-12(2)8-11(13(3,4)18-12)15-9-14(5,17)10-16(6)7/h11,15,17H,8-10H2,1-7H3. The van der Waals surface area contributed by atoms with Gasteiger partial charge in [0.2, 0.25) is 0 Å². The molecular weight excluding hydrogens is 228 g/mol. The van der Waals surface area contributed by atoms with Crippen LogP contribution in [0.4, 0.5) is 0 Å². The Kier molecular flexibility index (Phi) is 4.49. The first kappa shape index (κ1) is 15.9. The first-order valence-electron chi connectivity index (χ1n) is 6.74. The van der Waals surface area contributed by atoms with Crippen molar-refractivity contribution in [1.29, 1.82) is 0 Å². The van der Waals surface area contributed by atoms with Crippen LogP contribution >= 0.6 is 0 Å². The van der Waals surface area contributed by atoms with Gasteiger partial charge in [-0.15, -0.1) is 0 Å². The largest absolute Gasteiger partial charge is 0.388 e. The Morgan fingerprint density at radius 1 is 1.33 bits per heavy atom. The molecule has 0 radical (unpaired) electrons. The van der Waals surface area contributed by atoms with Crippen LogP contribution in [0.1, 0.15) is 41.0 Å². The van der Waals surface area contributed by atoms with E-state index in [0.717, 1.165) is 6.42 Å². The normalized spacial score (nSPS) is 29.5. The molecule has 0 aromatic carbocycles. The zero-order chi connectivity index (χ0) is 14.2. The summed E-state index contributed by atoms with van der Waals surface area (Å²) in [4.78, 5) is 2.00. The van der Waals surface area contributed by atoms with E-state index in [1.54, 1.807) is 0 Å². The highest BCUT2D eigenvalue weighted by Gasteiger charge is 2.46. The van der Waals surface area contributed by atoms with Gasteiger partial charge in [0.25, 0.3) is 0 Å². The SMILES string of the molecule is CN(C)CC(C)(O)CNC1CC(C)(C)OC1(C)C. The second kappa shape index (κ2) is 5.08. The second-order valence-corrected chi connectivity index (χ2v) is 7.34. The molecule has 1 aliphatic heterocycles. The maximum Gasteiger partial charge on any atom is 0.0869 e. The van der Waals surface area contributed by atoms with Gasteiger partial charge in [0.05, 0.1) is 16.8 Å². The van der Waals surface area contributed by atoms with E-state index in [9.17, 15) is 5.11 Å². The lowest BCUT2D eigenvalue weighted by Gasteiger charge is -2.32. The molecule has 18 heavy (non-hydrogen) atoms. The average Bonchev–Trinajstić information content (AvgIpc) is 2.28. The van der Waals surface area contributed by atoms with Crippen molar-refractivity contribution >= 4 is 0 Å². The van der Waals surface area contributed by atoms with Gasteiger partial charge in [-0.1, -0.05) is 0 Å². The summed E-state index contributed by atoms with van der Waals surface area (Å²) >= 11 is 0. The predicted octanol–water partition coefficient (Wildman–Crippen LogP) is 1.23. The van der Waals surface area contributed by atoms with Crippen molar-refractivity contribution in [3.63, 3.8) is 0 Å². The monoisotopic (exact) mass is 258 g/mol. The van der Waals surface area contributed by atoms with Crippen LogP contribution in [0.2, 0.25) is 0 Å². The molecule has 1 saturated heterocycles. The average molecular weight is 258 g/mol. The summed E-state index contributed by atoms with van der Waals surface area (Å²) in [7, 11) is 3.94. The van der Waals surface area contributed by atoms with E-state index in [1.807, 2.05) is 25.9 Å². The molecule has 0 aromatic rings. The summed E-state index contributed by atoms with van der Waals surface area (Å²) in [5.41, 5.74) is -0.988. The Morgan fingerprint density at radius 2 is 1.89 bits per heavy atom. The van der Waals surface area contributed by atoms with E-state index in [2.05, 4.69) is 33.0 Å². The van der Waals surface area contributed by atoms with Crippen molar-refractivity contribution in [3.8, 4) is 0 Å². The molecule has 1 fully saturated rings. The molecule has 2 unspecified atom stereocenters. The van der Waals surface area contributed by atoms with E-state index in [0.29, 0.717) is 13.1 Å². The fourth-order valence-corrected chi connectivity index (χ4v) is 2.96. The minimum atomic E-state index is -0.716. The first-order valence-corrected chi connectivity index (χ1v) is 6.74. The maximum atomic E-state index is 10.3. The van der Waals surface area contributed by atoms with Crippen LogP contribution in [0.5, 0.6) is 0 Å². The van der Waals surface area contributed by atoms with E-state index in [1.165, 1.54) is 0 Å². The number of likely N-dealkylation sites (N-methyl/N-ethyl adjacent to an activating group) is 1. The lowest BCUT2D eigenvalue weighted by molar-refractivity contribution is -0.0712. The number of hydrogen-bond acceptors (Lipinski definition) is 4. The molecule has 4 nitrogen and oxygen atoms in total. The highest BCUT2D eigenvalue weighted by molar-refractivity contribution is 4.99. The fourth-order valence-electron chi connectivity index (χ4n) is 2.96. The zero-order valence-electron chi connectivity index (χ0n) is 13.0. The summed E-state index contributed by atoms with van der Waals surface area (Å²) in [6.45, 7) is 11.6. The van der Waals surface area contributed by atoms with Crippen molar-refractivity contribution in [3.05, 3.63) is 0 Å². The van der Waals surface area contributed by atoms with Crippen LogP contribution in [-0.2, 0) is 4.74 Å². The van der Waals surface area contributed by atoms with Gasteiger partial charge in [-0.3, -0.25) is 0 Å². The van der Waals surface area contributed by atoms with Gasteiger partial charge in [-0.05, 0) is 55.1 Å². The van der Waals surface area contributed by atoms with Gasteiger partial charge in [-0.2, -0.15) is 0 Å². The highest BCUT2D eigenvalue weighted by atomic mass is 16.5. The van der Waals surface area contributed by atoms with E-state index in [-0.39, 0.29) is 17.2 Å². The lowest BCUT2D eigenvalue weighted by Crippen LogP contribution is -2.52. The number of rotatable bonds is 5. The fraction of sp³-hybridized carbons (Fsp3) is 1.00. The van der Waals surface area contributed by atoms with Gasteiger partial charge >= 0.3 is 0 Å². The molecule has 2 N–H and O–H groups in total. The van der Waals surface area contributed by atoms with Gasteiger partial charge in [0.15, 0.2) is 0 Å². The van der Waals surface area contributed by atoms with E-state index < -0.39 is 5.60 Å². The minimum Gasteiger partial charge on any atom is -0.388 e. The molecule has 0 spiro atoms. The Hall–Kier alpha value is -0.160. The van der Waals surface area contributed by atoms with E-state index >= 15 is 0 Å².